The van der Waals surface area contributed by atoms with Gasteiger partial charge in [0.2, 0.25) is 0 Å². The number of hydrogen-bond acceptors (Lipinski definition) is 0. The van der Waals surface area contributed by atoms with Crippen LogP contribution < -0.4 is 0 Å². The number of rotatable bonds is 1. The Balaban J connectivity index is 3.06. The molecule has 0 heterocycles. The second kappa shape index (κ2) is 3.22. The van der Waals surface area contributed by atoms with Crippen LogP contribution in [0, 0.1) is 0 Å². The molecule has 0 aromatic heterocycles. The zero-order chi connectivity index (χ0) is 8.48. The van der Waals surface area contributed by atoms with Crippen molar-refractivity contribution in [3.05, 3.63) is 34.9 Å². The van der Waals surface area contributed by atoms with E-state index in [4.69, 9.17) is 34.8 Å². The predicted octanol–water partition coefficient (Wildman–Crippen LogP) is 3.99. The van der Waals surface area contributed by atoms with Crippen LogP contribution in [0.5, 0.6) is 0 Å². The minimum Gasteiger partial charge on any atom is -0.0966 e. The molecule has 0 aliphatic rings. The van der Waals surface area contributed by atoms with Gasteiger partial charge in [-0.1, -0.05) is 46.9 Å². The highest BCUT2D eigenvalue weighted by atomic mass is 35.5. The monoisotopic (exact) mass is 208 g/mol. The van der Waals surface area contributed by atoms with Crippen LogP contribution in [0.3, 0.4) is 0 Å². The van der Waals surface area contributed by atoms with E-state index < -0.39 is 4.33 Å². The first-order valence-electron chi connectivity index (χ1n) is 3.14. The van der Waals surface area contributed by atoms with Gasteiger partial charge in [0, 0.05) is 5.02 Å². The Bertz CT molecular complexity index is 250. The molecule has 11 heavy (non-hydrogen) atoms. The van der Waals surface area contributed by atoms with Crippen molar-refractivity contribution in [2.45, 2.75) is 11.3 Å². The zero-order valence-electron chi connectivity index (χ0n) is 5.94. The quantitative estimate of drug-likeness (QED) is 0.614. The lowest BCUT2D eigenvalue weighted by Crippen LogP contribution is -2.02. The van der Waals surface area contributed by atoms with E-state index >= 15 is 0 Å². The summed E-state index contributed by atoms with van der Waals surface area (Å²) in [5, 5.41) is 0.648. The van der Waals surface area contributed by atoms with Crippen molar-refractivity contribution in [2.24, 2.45) is 0 Å². The van der Waals surface area contributed by atoms with E-state index in [-0.39, 0.29) is 0 Å². The molecule has 1 aromatic carbocycles. The molecule has 0 nitrogen and oxygen atoms in total. The van der Waals surface area contributed by atoms with Gasteiger partial charge in [0.1, 0.15) is 4.33 Å². The summed E-state index contributed by atoms with van der Waals surface area (Å²) < 4.78 is -0.856. The van der Waals surface area contributed by atoms with E-state index in [0.717, 1.165) is 5.56 Å². The van der Waals surface area contributed by atoms with Gasteiger partial charge in [0.25, 0.3) is 0 Å². The maximum Gasteiger partial charge on any atom is 0.140 e. The van der Waals surface area contributed by atoms with Crippen molar-refractivity contribution < 1.29 is 0 Å². The van der Waals surface area contributed by atoms with E-state index in [1.54, 1.807) is 19.1 Å². The first kappa shape index (κ1) is 9.18. The number of hydrogen-bond donors (Lipinski definition) is 0. The predicted molar refractivity (Wildman–Crippen MR) is 50.5 cm³/mol. The van der Waals surface area contributed by atoms with E-state index in [1.807, 2.05) is 12.1 Å². The van der Waals surface area contributed by atoms with Crippen LogP contribution in [-0.4, -0.2) is 0 Å². The fraction of sp³-hybridized carbons (Fsp3) is 0.250. The molecule has 0 N–H and O–H groups in total. The Morgan fingerprint density at radius 2 is 1.91 bits per heavy atom. The van der Waals surface area contributed by atoms with Gasteiger partial charge in [-0.25, -0.2) is 0 Å². The molecule has 0 amide bonds. The molecule has 1 rings (SSSR count). The van der Waals surface area contributed by atoms with Crippen molar-refractivity contribution in [3.63, 3.8) is 0 Å². The molecule has 0 radical (unpaired) electrons. The minimum atomic E-state index is -0.856. The molecule has 0 aliphatic heterocycles. The third kappa shape index (κ3) is 2.55. The van der Waals surface area contributed by atoms with Crippen LogP contribution in [-0.2, 0) is 4.33 Å². The second-order valence-electron chi connectivity index (χ2n) is 2.40. The van der Waals surface area contributed by atoms with Crippen LogP contribution in [0.2, 0.25) is 5.02 Å². The van der Waals surface area contributed by atoms with Gasteiger partial charge >= 0.3 is 0 Å². The molecule has 0 bridgehead atoms. The Morgan fingerprint density at radius 1 is 1.27 bits per heavy atom. The Hall–Kier alpha value is 0.0900. The van der Waals surface area contributed by atoms with Gasteiger partial charge < -0.3 is 0 Å². The molecule has 0 spiro atoms. The highest BCUT2D eigenvalue weighted by Gasteiger charge is 2.18. The third-order valence-corrected chi connectivity index (χ3v) is 2.00. The summed E-state index contributed by atoms with van der Waals surface area (Å²) in [4.78, 5) is 0. The maximum atomic E-state index is 5.84. The van der Waals surface area contributed by atoms with Crippen LogP contribution >= 0.6 is 34.8 Å². The SMILES string of the molecule is CC(Cl)(Cl)c1cccc(Cl)c1. The topological polar surface area (TPSA) is 0 Å². The molecule has 0 atom stereocenters. The molecular weight excluding hydrogens is 202 g/mol. The summed E-state index contributed by atoms with van der Waals surface area (Å²) in [5.74, 6) is 0. The van der Waals surface area contributed by atoms with Gasteiger partial charge in [0.15, 0.2) is 0 Å². The first-order valence-corrected chi connectivity index (χ1v) is 4.27. The third-order valence-electron chi connectivity index (χ3n) is 1.33. The first-order chi connectivity index (χ1) is 5.00. The average Bonchev–Trinajstić information content (AvgIpc) is 1.86. The van der Waals surface area contributed by atoms with E-state index in [0.29, 0.717) is 5.02 Å². The van der Waals surface area contributed by atoms with Crippen molar-refractivity contribution in [1.29, 1.82) is 0 Å². The smallest absolute Gasteiger partial charge is 0.0966 e. The minimum absolute atomic E-state index is 0.648. The van der Waals surface area contributed by atoms with Crippen LogP contribution in [0.1, 0.15) is 12.5 Å². The Morgan fingerprint density at radius 3 is 2.27 bits per heavy atom. The largest absolute Gasteiger partial charge is 0.140 e. The van der Waals surface area contributed by atoms with Crippen LogP contribution in [0.4, 0.5) is 0 Å². The van der Waals surface area contributed by atoms with E-state index in [2.05, 4.69) is 0 Å². The van der Waals surface area contributed by atoms with Gasteiger partial charge in [-0.05, 0) is 24.6 Å². The van der Waals surface area contributed by atoms with Gasteiger partial charge in [-0.3, -0.25) is 0 Å². The fourth-order valence-corrected chi connectivity index (χ4v) is 1.19. The normalized spacial score (nSPS) is 11.6. The highest BCUT2D eigenvalue weighted by Crippen LogP contribution is 2.33. The zero-order valence-corrected chi connectivity index (χ0v) is 8.21. The van der Waals surface area contributed by atoms with Gasteiger partial charge in [-0.2, -0.15) is 0 Å². The molecule has 60 valence electrons. The fourth-order valence-electron chi connectivity index (χ4n) is 0.762. The standard InChI is InChI=1S/C8H7Cl3/c1-8(10,11)6-3-2-4-7(9)5-6/h2-5H,1H3. The Kier molecular flexibility index (Phi) is 2.69. The van der Waals surface area contributed by atoms with E-state index in [1.165, 1.54) is 0 Å². The van der Waals surface area contributed by atoms with Crippen molar-refractivity contribution in [3.8, 4) is 0 Å². The van der Waals surface area contributed by atoms with Crippen LogP contribution in [0.15, 0.2) is 24.3 Å². The lowest BCUT2D eigenvalue weighted by atomic mass is 10.2. The summed E-state index contributed by atoms with van der Waals surface area (Å²) in [6.45, 7) is 1.71. The lowest BCUT2D eigenvalue weighted by Gasteiger charge is -2.13. The lowest BCUT2D eigenvalue weighted by molar-refractivity contribution is 0.977. The molecule has 1 aromatic rings. The summed E-state index contributed by atoms with van der Waals surface area (Å²) in [5.41, 5.74) is 0.813. The average molecular weight is 210 g/mol. The molecule has 0 aliphatic carbocycles. The van der Waals surface area contributed by atoms with Crippen LogP contribution in [0.25, 0.3) is 0 Å². The van der Waals surface area contributed by atoms with Gasteiger partial charge in [0.05, 0.1) is 0 Å². The van der Waals surface area contributed by atoms with E-state index in [9.17, 15) is 0 Å². The Labute approximate surface area is 81.1 Å². The number of alkyl halides is 2. The number of halogens is 3. The maximum absolute atomic E-state index is 5.84. The molecule has 0 unspecified atom stereocenters. The summed E-state index contributed by atoms with van der Waals surface area (Å²) in [6.07, 6.45) is 0. The molecule has 0 saturated carbocycles. The highest BCUT2D eigenvalue weighted by molar-refractivity contribution is 6.47. The second-order valence-corrected chi connectivity index (χ2v) is 4.54. The molecule has 0 saturated heterocycles. The van der Waals surface area contributed by atoms with Crippen molar-refractivity contribution in [2.75, 3.05) is 0 Å². The van der Waals surface area contributed by atoms with Crippen molar-refractivity contribution in [1.82, 2.24) is 0 Å². The summed E-state index contributed by atoms with van der Waals surface area (Å²) >= 11 is 17.4. The molecule has 3 heteroatoms. The summed E-state index contributed by atoms with van der Waals surface area (Å²) in [7, 11) is 0. The molecule has 0 fully saturated rings. The summed E-state index contributed by atoms with van der Waals surface area (Å²) in [6, 6.07) is 7.19. The van der Waals surface area contributed by atoms with Crippen molar-refractivity contribution >= 4 is 34.8 Å². The number of benzene rings is 1. The molecular formula is C8H7Cl3. The van der Waals surface area contributed by atoms with Gasteiger partial charge in [-0.15, -0.1) is 0 Å².